The Morgan fingerprint density at radius 2 is 1.87 bits per heavy atom. The highest BCUT2D eigenvalue weighted by Gasteiger charge is 2.23. The van der Waals surface area contributed by atoms with E-state index >= 15 is 0 Å². The monoisotopic (exact) mass is 329 g/mol. The van der Waals surface area contributed by atoms with E-state index in [9.17, 15) is 13.2 Å². The third-order valence-corrected chi connectivity index (χ3v) is 5.95. The van der Waals surface area contributed by atoms with Crippen LogP contribution in [0.5, 0.6) is 0 Å². The standard InChI is InChI=1S/C18H19NO3S/c20-18(15-5-2-1-3-6-15)19-11-10-14-8-9-17-16(13-14)7-4-12-23(17,21)22/h1-3,5-6,8-9,13H,4,7,10-12H2,(H,19,20). The van der Waals surface area contributed by atoms with Crippen LogP contribution >= 0.6 is 0 Å². The third kappa shape index (κ3) is 3.62. The Bertz CT molecular complexity index is 813. The Kier molecular flexibility index (Phi) is 4.48. The maximum atomic E-state index is 12.0. The molecule has 0 aromatic heterocycles. The first-order valence-electron chi connectivity index (χ1n) is 7.74. The summed E-state index contributed by atoms with van der Waals surface area (Å²) in [5.74, 6) is 0.151. The Morgan fingerprint density at radius 3 is 2.65 bits per heavy atom. The first-order valence-corrected chi connectivity index (χ1v) is 9.39. The molecule has 1 N–H and O–H groups in total. The molecular formula is C18H19NO3S. The molecule has 0 saturated heterocycles. The van der Waals surface area contributed by atoms with Crippen LogP contribution in [0, 0.1) is 0 Å². The van der Waals surface area contributed by atoms with Gasteiger partial charge < -0.3 is 5.32 Å². The van der Waals surface area contributed by atoms with Crippen molar-refractivity contribution in [2.24, 2.45) is 0 Å². The van der Waals surface area contributed by atoms with Gasteiger partial charge in [0.15, 0.2) is 9.84 Å². The number of carbonyl (C=O) groups excluding carboxylic acids is 1. The molecule has 0 bridgehead atoms. The van der Waals surface area contributed by atoms with Crippen LogP contribution in [0.15, 0.2) is 53.4 Å². The molecule has 2 aromatic carbocycles. The second-order valence-corrected chi connectivity index (χ2v) is 7.81. The second kappa shape index (κ2) is 6.54. The van der Waals surface area contributed by atoms with E-state index in [0.29, 0.717) is 29.8 Å². The zero-order chi connectivity index (χ0) is 16.3. The quantitative estimate of drug-likeness (QED) is 0.937. The number of sulfone groups is 1. The highest BCUT2D eigenvalue weighted by molar-refractivity contribution is 7.91. The fourth-order valence-corrected chi connectivity index (χ4v) is 4.44. The topological polar surface area (TPSA) is 63.2 Å². The van der Waals surface area contributed by atoms with Crippen LogP contribution in [-0.4, -0.2) is 26.6 Å². The predicted molar refractivity (Wildman–Crippen MR) is 89.3 cm³/mol. The molecule has 0 spiro atoms. The summed E-state index contributed by atoms with van der Waals surface area (Å²) < 4.78 is 24.0. The van der Waals surface area contributed by atoms with Gasteiger partial charge in [0, 0.05) is 12.1 Å². The van der Waals surface area contributed by atoms with Gasteiger partial charge >= 0.3 is 0 Å². The number of benzene rings is 2. The van der Waals surface area contributed by atoms with Crippen molar-refractivity contribution in [3.8, 4) is 0 Å². The summed E-state index contributed by atoms with van der Waals surface area (Å²) in [5.41, 5.74) is 2.60. The summed E-state index contributed by atoms with van der Waals surface area (Å²) in [7, 11) is -3.10. The van der Waals surface area contributed by atoms with E-state index in [2.05, 4.69) is 5.32 Å². The molecule has 0 unspecified atom stereocenters. The van der Waals surface area contributed by atoms with Crippen molar-refractivity contribution in [1.82, 2.24) is 5.32 Å². The fraction of sp³-hybridized carbons (Fsp3) is 0.278. The number of fused-ring (bicyclic) bond motifs is 1. The van der Waals surface area contributed by atoms with E-state index in [1.54, 1.807) is 18.2 Å². The van der Waals surface area contributed by atoms with Gasteiger partial charge in [-0.15, -0.1) is 0 Å². The maximum absolute atomic E-state index is 12.0. The van der Waals surface area contributed by atoms with Gasteiger partial charge in [-0.05, 0) is 48.6 Å². The zero-order valence-corrected chi connectivity index (χ0v) is 13.6. The van der Waals surface area contributed by atoms with Crippen molar-refractivity contribution in [3.05, 3.63) is 65.2 Å². The zero-order valence-electron chi connectivity index (χ0n) is 12.8. The number of carbonyl (C=O) groups is 1. The van der Waals surface area contributed by atoms with Gasteiger partial charge in [-0.2, -0.15) is 0 Å². The molecule has 4 nitrogen and oxygen atoms in total. The average molecular weight is 329 g/mol. The van der Waals surface area contributed by atoms with Crippen LogP contribution < -0.4 is 5.32 Å². The summed E-state index contributed by atoms with van der Waals surface area (Å²) in [6.07, 6.45) is 2.17. The minimum Gasteiger partial charge on any atom is -0.352 e. The van der Waals surface area contributed by atoms with Gasteiger partial charge in [-0.1, -0.05) is 30.3 Å². The van der Waals surface area contributed by atoms with Gasteiger partial charge in [0.25, 0.3) is 5.91 Å². The summed E-state index contributed by atoms with van der Waals surface area (Å²) >= 11 is 0. The highest BCUT2D eigenvalue weighted by atomic mass is 32.2. The Morgan fingerprint density at radius 1 is 1.09 bits per heavy atom. The van der Waals surface area contributed by atoms with Crippen molar-refractivity contribution in [2.45, 2.75) is 24.2 Å². The highest BCUT2D eigenvalue weighted by Crippen LogP contribution is 2.25. The predicted octanol–water partition coefficient (Wildman–Crippen LogP) is 2.38. The molecule has 120 valence electrons. The Hall–Kier alpha value is -2.14. The largest absolute Gasteiger partial charge is 0.352 e. The summed E-state index contributed by atoms with van der Waals surface area (Å²) in [6.45, 7) is 0.527. The maximum Gasteiger partial charge on any atom is 0.251 e. The molecule has 0 aliphatic carbocycles. The first-order chi connectivity index (χ1) is 11.1. The van der Waals surface area contributed by atoms with Crippen molar-refractivity contribution in [1.29, 1.82) is 0 Å². The molecule has 1 aliphatic heterocycles. The summed E-state index contributed by atoms with van der Waals surface area (Å²) in [4.78, 5) is 12.4. The van der Waals surface area contributed by atoms with Gasteiger partial charge in [0.2, 0.25) is 0 Å². The number of hydrogen-bond donors (Lipinski definition) is 1. The van der Waals surface area contributed by atoms with Crippen molar-refractivity contribution in [3.63, 3.8) is 0 Å². The smallest absolute Gasteiger partial charge is 0.251 e. The molecule has 0 atom stereocenters. The molecule has 1 heterocycles. The molecule has 5 heteroatoms. The lowest BCUT2D eigenvalue weighted by Crippen LogP contribution is -2.25. The van der Waals surface area contributed by atoms with E-state index in [1.165, 1.54) is 0 Å². The number of nitrogens with one attached hydrogen (secondary N) is 1. The normalized spacial score (nSPS) is 15.7. The minimum absolute atomic E-state index is 0.0915. The molecule has 0 radical (unpaired) electrons. The number of aryl methyl sites for hydroxylation is 1. The molecule has 1 amide bonds. The van der Waals surface area contributed by atoms with E-state index < -0.39 is 9.84 Å². The van der Waals surface area contributed by atoms with Crippen molar-refractivity contribution >= 4 is 15.7 Å². The number of amides is 1. The van der Waals surface area contributed by atoms with Crippen LogP contribution in [0.3, 0.4) is 0 Å². The van der Waals surface area contributed by atoms with E-state index in [4.69, 9.17) is 0 Å². The summed E-state index contributed by atoms with van der Waals surface area (Å²) in [6, 6.07) is 14.6. The molecule has 23 heavy (non-hydrogen) atoms. The second-order valence-electron chi connectivity index (χ2n) is 5.74. The average Bonchev–Trinajstić information content (AvgIpc) is 2.55. The van der Waals surface area contributed by atoms with Gasteiger partial charge in [-0.25, -0.2) is 8.42 Å². The van der Waals surface area contributed by atoms with Gasteiger partial charge in [-0.3, -0.25) is 4.79 Å². The Balaban J connectivity index is 1.62. The molecule has 0 fully saturated rings. The Labute approximate surface area is 136 Å². The van der Waals surface area contributed by atoms with Gasteiger partial charge in [0.1, 0.15) is 0 Å². The van der Waals surface area contributed by atoms with E-state index in [0.717, 1.165) is 17.5 Å². The molecular weight excluding hydrogens is 310 g/mol. The molecule has 3 rings (SSSR count). The van der Waals surface area contributed by atoms with Crippen LogP contribution in [0.25, 0.3) is 0 Å². The first kappa shape index (κ1) is 15.7. The number of rotatable bonds is 4. The lowest BCUT2D eigenvalue weighted by Gasteiger charge is -2.17. The van der Waals surface area contributed by atoms with E-state index in [1.807, 2.05) is 30.3 Å². The lowest BCUT2D eigenvalue weighted by molar-refractivity contribution is 0.0954. The van der Waals surface area contributed by atoms with Crippen molar-refractivity contribution in [2.75, 3.05) is 12.3 Å². The van der Waals surface area contributed by atoms with Gasteiger partial charge in [0.05, 0.1) is 10.6 Å². The van der Waals surface area contributed by atoms with E-state index in [-0.39, 0.29) is 11.7 Å². The molecule has 0 saturated carbocycles. The molecule has 2 aromatic rings. The van der Waals surface area contributed by atoms with Crippen molar-refractivity contribution < 1.29 is 13.2 Å². The fourth-order valence-electron chi connectivity index (χ4n) is 2.86. The summed E-state index contributed by atoms with van der Waals surface area (Å²) in [5, 5.41) is 2.89. The SMILES string of the molecule is O=C(NCCc1ccc2c(c1)CCCS2(=O)=O)c1ccccc1. The lowest BCUT2D eigenvalue weighted by atomic mass is 10.0. The minimum atomic E-state index is -3.10. The molecule has 1 aliphatic rings. The van der Waals surface area contributed by atoms with Crippen LogP contribution in [-0.2, 0) is 22.7 Å². The number of hydrogen-bond acceptors (Lipinski definition) is 3. The van der Waals surface area contributed by atoms with Crippen LogP contribution in [0.4, 0.5) is 0 Å². The van der Waals surface area contributed by atoms with Crippen LogP contribution in [0.2, 0.25) is 0 Å². The van der Waals surface area contributed by atoms with Crippen LogP contribution in [0.1, 0.15) is 27.9 Å². The third-order valence-electron chi connectivity index (χ3n) is 4.05.